The first-order valence-electron chi connectivity index (χ1n) is 4.36. The van der Waals surface area contributed by atoms with Crippen LogP contribution in [0.5, 0.6) is 0 Å². The van der Waals surface area contributed by atoms with E-state index in [1.807, 2.05) is 0 Å². The minimum Gasteiger partial charge on any atom is -0.358 e. The lowest BCUT2D eigenvalue weighted by atomic mass is 10.2. The van der Waals surface area contributed by atoms with Crippen molar-refractivity contribution in [3.8, 4) is 0 Å². The van der Waals surface area contributed by atoms with Crippen LogP contribution >= 0.6 is 0 Å². The summed E-state index contributed by atoms with van der Waals surface area (Å²) in [6, 6.07) is 0. The van der Waals surface area contributed by atoms with Gasteiger partial charge in [-0.15, -0.1) is 0 Å². The zero-order valence-corrected chi connectivity index (χ0v) is 8.18. The first-order chi connectivity index (χ1) is 5.18. The average Bonchev–Trinajstić information content (AvgIpc) is 2.01. The molecule has 0 aromatic rings. The van der Waals surface area contributed by atoms with Crippen LogP contribution in [0.15, 0.2) is 0 Å². The van der Waals surface area contributed by atoms with Crippen LogP contribution < -0.4 is 5.32 Å². The standard InChI is InChI=1S/C5H11NO.C4H10/c1-5(2)3-6-4-7;1-3-4-2/h4-5H,3H2,1-2H3,(H,6,7);3-4H2,1-2H3. The van der Waals surface area contributed by atoms with E-state index in [1.165, 1.54) is 12.8 Å². The highest BCUT2D eigenvalue weighted by Gasteiger charge is 1.86. The third-order valence-corrected chi connectivity index (χ3v) is 1.11. The largest absolute Gasteiger partial charge is 0.358 e. The molecule has 0 spiro atoms. The Hall–Kier alpha value is -0.530. The van der Waals surface area contributed by atoms with Gasteiger partial charge in [-0.05, 0) is 5.92 Å². The van der Waals surface area contributed by atoms with E-state index < -0.39 is 0 Å². The Balaban J connectivity index is 0. The molecule has 0 aromatic heterocycles. The smallest absolute Gasteiger partial charge is 0.207 e. The normalized spacial score (nSPS) is 8.45. The number of amides is 1. The predicted molar refractivity (Wildman–Crippen MR) is 49.5 cm³/mol. The van der Waals surface area contributed by atoms with E-state index in [0.717, 1.165) is 13.0 Å². The summed E-state index contributed by atoms with van der Waals surface area (Å²) in [6.45, 7) is 9.25. The predicted octanol–water partition coefficient (Wildman–Crippen LogP) is 2.19. The quantitative estimate of drug-likeness (QED) is 0.626. The second-order valence-corrected chi connectivity index (χ2v) is 2.92. The Bertz CT molecular complexity index is 70.0. The van der Waals surface area contributed by atoms with Crippen molar-refractivity contribution < 1.29 is 4.79 Å². The van der Waals surface area contributed by atoms with Crippen molar-refractivity contribution in [1.29, 1.82) is 0 Å². The SMILES string of the molecule is CC(C)CNC=O.CCCC. The molecule has 0 unspecified atom stereocenters. The van der Waals surface area contributed by atoms with Crippen LogP contribution in [0.3, 0.4) is 0 Å². The number of hydrogen-bond acceptors (Lipinski definition) is 1. The molecule has 0 bridgehead atoms. The molecule has 0 saturated carbocycles. The maximum atomic E-state index is 9.60. The molecule has 11 heavy (non-hydrogen) atoms. The minimum absolute atomic E-state index is 0.560. The summed E-state index contributed by atoms with van der Waals surface area (Å²) in [7, 11) is 0. The summed E-state index contributed by atoms with van der Waals surface area (Å²) in [6.07, 6.45) is 3.36. The summed E-state index contributed by atoms with van der Waals surface area (Å²) < 4.78 is 0. The lowest BCUT2D eigenvalue weighted by Crippen LogP contribution is -2.16. The maximum absolute atomic E-state index is 9.60. The monoisotopic (exact) mass is 159 g/mol. The fourth-order valence-corrected chi connectivity index (χ4v) is 0.284. The number of hydrogen-bond donors (Lipinski definition) is 1. The number of rotatable bonds is 4. The van der Waals surface area contributed by atoms with Gasteiger partial charge in [0.15, 0.2) is 0 Å². The van der Waals surface area contributed by atoms with Gasteiger partial charge < -0.3 is 5.32 Å². The fourth-order valence-electron chi connectivity index (χ4n) is 0.284. The van der Waals surface area contributed by atoms with Crippen molar-refractivity contribution in [1.82, 2.24) is 5.32 Å². The molecule has 1 N–H and O–H groups in total. The molecule has 68 valence electrons. The van der Waals surface area contributed by atoms with Crippen molar-refractivity contribution in [2.75, 3.05) is 6.54 Å². The minimum atomic E-state index is 0.560. The number of carbonyl (C=O) groups is 1. The van der Waals surface area contributed by atoms with E-state index in [1.54, 1.807) is 0 Å². The Morgan fingerprint density at radius 1 is 1.27 bits per heavy atom. The Morgan fingerprint density at radius 2 is 1.73 bits per heavy atom. The van der Waals surface area contributed by atoms with E-state index in [9.17, 15) is 4.79 Å². The molecule has 2 nitrogen and oxygen atoms in total. The van der Waals surface area contributed by atoms with Gasteiger partial charge in [0.1, 0.15) is 0 Å². The van der Waals surface area contributed by atoms with Crippen LogP contribution in [0.2, 0.25) is 0 Å². The summed E-state index contributed by atoms with van der Waals surface area (Å²) in [5.74, 6) is 0.560. The molecule has 0 radical (unpaired) electrons. The molecule has 0 heterocycles. The van der Waals surface area contributed by atoms with Crippen LogP contribution in [0.4, 0.5) is 0 Å². The highest BCUT2D eigenvalue weighted by molar-refractivity contribution is 5.45. The van der Waals surface area contributed by atoms with E-state index >= 15 is 0 Å². The molecule has 0 aliphatic carbocycles. The van der Waals surface area contributed by atoms with Gasteiger partial charge in [-0.25, -0.2) is 0 Å². The topological polar surface area (TPSA) is 29.1 Å². The van der Waals surface area contributed by atoms with Gasteiger partial charge in [0.25, 0.3) is 0 Å². The van der Waals surface area contributed by atoms with Crippen molar-refractivity contribution in [3.63, 3.8) is 0 Å². The van der Waals surface area contributed by atoms with E-state index in [4.69, 9.17) is 0 Å². The lowest BCUT2D eigenvalue weighted by molar-refractivity contribution is -0.109. The molecule has 1 amide bonds. The van der Waals surface area contributed by atoms with Crippen LogP contribution in [0.1, 0.15) is 40.5 Å². The Labute approximate surface area is 70.4 Å². The number of nitrogens with one attached hydrogen (secondary N) is 1. The summed E-state index contributed by atoms with van der Waals surface area (Å²) in [5.41, 5.74) is 0. The lowest BCUT2D eigenvalue weighted by Gasteiger charge is -1.98. The third-order valence-electron chi connectivity index (χ3n) is 1.11. The second-order valence-electron chi connectivity index (χ2n) is 2.92. The molecular weight excluding hydrogens is 138 g/mol. The van der Waals surface area contributed by atoms with Crippen molar-refractivity contribution in [2.45, 2.75) is 40.5 Å². The zero-order chi connectivity index (χ0) is 9.11. The fraction of sp³-hybridized carbons (Fsp3) is 0.889. The summed E-state index contributed by atoms with van der Waals surface area (Å²) in [4.78, 5) is 9.60. The summed E-state index contributed by atoms with van der Waals surface area (Å²) >= 11 is 0. The number of unbranched alkanes of at least 4 members (excludes halogenated alkanes) is 1. The first kappa shape index (κ1) is 13.1. The molecule has 0 fully saturated rings. The molecule has 0 atom stereocenters. The molecule has 0 aromatic carbocycles. The van der Waals surface area contributed by atoms with Gasteiger partial charge in [-0.1, -0.05) is 40.5 Å². The van der Waals surface area contributed by atoms with Crippen molar-refractivity contribution in [3.05, 3.63) is 0 Å². The van der Waals surface area contributed by atoms with Crippen LogP contribution in [-0.4, -0.2) is 13.0 Å². The highest BCUT2D eigenvalue weighted by Crippen LogP contribution is 1.84. The molecule has 0 aliphatic heterocycles. The Morgan fingerprint density at radius 3 is 1.82 bits per heavy atom. The van der Waals surface area contributed by atoms with Gasteiger partial charge in [-0.3, -0.25) is 4.79 Å². The number of carbonyl (C=O) groups excluding carboxylic acids is 1. The molecular formula is C9H21NO. The van der Waals surface area contributed by atoms with Gasteiger partial charge >= 0.3 is 0 Å². The van der Waals surface area contributed by atoms with Gasteiger partial charge in [0.2, 0.25) is 6.41 Å². The average molecular weight is 159 g/mol. The van der Waals surface area contributed by atoms with E-state index in [0.29, 0.717) is 5.92 Å². The van der Waals surface area contributed by atoms with Crippen molar-refractivity contribution >= 4 is 6.41 Å². The zero-order valence-electron chi connectivity index (χ0n) is 8.18. The molecule has 0 saturated heterocycles. The second kappa shape index (κ2) is 12.2. The molecule has 0 rings (SSSR count). The Kier molecular flexibility index (Phi) is 14.5. The summed E-state index contributed by atoms with van der Waals surface area (Å²) in [5, 5.41) is 2.57. The van der Waals surface area contributed by atoms with Crippen LogP contribution in [0.25, 0.3) is 0 Å². The van der Waals surface area contributed by atoms with Gasteiger partial charge in [0, 0.05) is 6.54 Å². The van der Waals surface area contributed by atoms with Crippen LogP contribution in [0, 0.1) is 5.92 Å². The maximum Gasteiger partial charge on any atom is 0.207 e. The van der Waals surface area contributed by atoms with Crippen molar-refractivity contribution in [2.24, 2.45) is 5.92 Å². The third kappa shape index (κ3) is 26.4. The van der Waals surface area contributed by atoms with Gasteiger partial charge in [0.05, 0.1) is 0 Å². The van der Waals surface area contributed by atoms with E-state index in [-0.39, 0.29) is 0 Å². The van der Waals surface area contributed by atoms with Crippen LogP contribution in [-0.2, 0) is 4.79 Å². The van der Waals surface area contributed by atoms with Gasteiger partial charge in [-0.2, -0.15) is 0 Å². The molecule has 0 aliphatic rings. The highest BCUT2D eigenvalue weighted by atomic mass is 16.1. The first-order valence-corrected chi connectivity index (χ1v) is 4.36. The molecule has 2 heteroatoms. The van der Waals surface area contributed by atoms with E-state index in [2.05, 4.69) is 33.0 Å².